The number of imidazole rings is 1. The van der Waals surface area contributed by atoms with Gasteiger partial charge in [0.15, 0.2) is 5.65 Å². The van der Waals surface area contributed by atoms with Crippen LogP contribution in [0.4, 0.5) is 11.5 Å². The minimum Gasteiger partial charge on any atom is -0.490 e. The fourth-order valence-electron chi connectivity index (χ4n) is 7.83. The Morgan fingerprint density at radius 3 is 2.56 bits per heavy atom. The molecule has 0 aliphatic carbocycles. The smallest absolute Gasteiger partial charge is 0.261 e. The average Bonchev–Trinajstić information content (AvgIpc) is 3.78. The summed E-state index contributed by atoms with van der Waals surface area (Å²) in [6.07, 6.45) is 15.2. The van der Waals surface area contributed by atoms with Crippen LogP contribution in [0.2, 0.25) is 0 Å². The highest BCUT2D eigenvalue weighted by atomic mass is 16.5. The number of piperidine rings is 3. The second kappa shape index (κ2) is 14.9. The Balaban J connectivity index is 0.849. The van der Waals surface area contributed by atoms with E-state index in [9.17, 15) is 19.2 Å². The van der Waals surface area contributed by atoms with Crippen molar-refractivity contribution in [3.63, 3.8) is 0 Å². The van der Waals surface area contributed by atoms with E-state index < -0.39 is 0 Å². The van der Waals surface area contributed by atoms with Gasteiger partial charge in [0.1, 0.15) is 22.9 Å². The van der Waals surface area contributed by atoms with E-state index in [1.54, 1.807) is 41.6 Å². The van der Waals surface area contributed by atoms with Crippen molar-refractivity contribution in [1.29, 1.82) is 0 Å². The van der Waals surface area contributed by atoms with Gasteiger partial charge in [0.2, 0.25) is 17.7 Å². The molecule has 1 unspecified atom stereocenters. The van der Waals surface area contributed by atoms with Crippen LogP contribution in [0.1, 0.15) is 92.2 Å². The number of carbonyl (C=O) groups is 4. The van der Waals surface area contributed by atoms with E-state index in [1.165, 1.54) is 0 Å². The number of nitrogens with zero attached hydrogens (tertiary/aromatic N) is 8. The van der Waals surface area contributed by atoms with Gasteiger partial charge in [-0.05, 0) is 69.6 Å². The van der Waals surface area contributed by atoms with Crippen LogP contribution >= 0.6 is 0 Å². The molecule has 15 nitrogen and oxygen atoms in total. The topological polar surface area (TPSA) is 168 Å². The highest BCUT2D eigenvalue weighted by molar-refractivity contribution is 6.07. The van der Waals surface area contributed by atoms with Crippen LogP contribution in [0, 0.1) is 5.92 Å². The molecule has 3 aliphatic rings. The zero-order valence-corrected chi connectivity index (χ0v) is 30.5. The summed E-state index contributed by atoms with van der Waals surface area (Å²) >= 11 is 0. The molecular formula is C39H44N10O5. The van der Waals surface area contributed by atoms with Gasteiger partial charge in [0.05, 0.1) is 29.5 Å². The number of amides is 4. The molecular weight excluding hydrogens is 688 g/mol. The first-order valence-corrected chi connectivity index (χ1v) is 18.8. The van der Waals surface area contributed by atoms with E-state index in [4.69, 9.17) is 9.72 Å². The normalized spacial score (nSPS) is 18.8. The summed E-state index contributed by atoms with van der Waals surface area (Å²) < 4.78 is 9.55. The zero-order valence-electron chi connectivity index (χ0n) is 30.5. The van der Waals surface area contributed by atoms with Gasteiger partial charge in [-0.3, -0.25) is 24.5 Å². The highest BCUT2D eigenvalue weighted by Gasteiger charge is 2.31. The first-order chi connectivity index (χ1) is 26.2. The molecule has 0 bridgehead atoms. The Labute approximate surface area is 312 Å². The lowest BCUT2D eigenvalue weighted by Crippen LogP contribution is -2.41. The van der Waals surface area contributed by atoms with Crippen molar-refractivity contribution in [3.05, 3.63) is 78.3 Å². The number of carbonyl (C=O) groups excluding carboxylic acids is 4. The van der Waals surface area contributed by atoms with Gasteiger partial charge in [0, 0.05) is 82.0 Å². The fraction of sp³-hybridized carbons (Fsp3) is 0.436. The van der Waals surface area contributed by atoms with Gasteiger partial charge in [-0.15, -0.1) is 0 Å². The number of aromatic nitrogens is 6. The summed E-state index contributed by atoms with van der Waals surface area (Å²) in [6.45, 7) is 6.85. The molecule has 280 valence electrons. The quantitative estimate of drug-likeness (QED) is 0.208. The van der Waals surface area contributed by atoms with Crippen LogP contribution in [-0.4, -0.2) is 89.8 Å². The predicted octanol–water partition coefficient (Wildman–Crippen LogP) is 4.34. The number of pyridine rings is 2. The Hall–Kier alpha value is -5.86. The summed E-state index contributed by atoms with van der Waals surface area (Å²) in [5.74, 6) is 0.892. The van der Waals surface area contributed by atoms with Gasteiger partial charge in [-0.2, -0.15) is 5.10 Å². The third kappa shape index (κ3) is 7.34. The number of ether oxygens (including phenoxy) is 1. The lowest BCUT2D eigenvalue weighted by Gasteiger charge is -2.35. The molecule has 5 aromatic rings. The molecule has 54 heavy (non-hydrogen) atoms. The van der Waals surface area contributed by atoms with Crippen LogP contribution in [-0.2, 0) is 14.4 Å². The summed E-state index contributed by atoms with van der Waals surface area (Å²) in [7, 11) is 0. The first-order valence-electron chi connectivity index (χ1n) is 18.8. The third-order valence-corrected chi connectivity index (χ3v) is 10.8. The molecule has 3 saturated heterocycles. The number of rotatable bonds is 9. The van der Waals surface area contributed by atoms with Gasteiger partial charge in [0.25, 0.3) is 5.91 Å². The van der Waals surface area contributed by atoms with E-state index >= 15 is 0 Å². The summed E-state index contributed by atoms with van der Waals surface area (Å²) in [4.78, 5) is 68.9. The Kier molecular flexibility index (Phi) is 9.69. The standard InChI is InChI=1S/C39H44N10O5/c1-24(2)54-32-19-34-43-31(23-48(34)22-29(32)39(53)44-30-21-42-49-13-3-12-40-37(30)49)26-10-16-47(17-11-26)36(51)18-25-8-14-46(15-9-25)33-6-4-27(20-41-33)28-5-7-35(50)45-38(28)52/h3-4,6,12-13,19-26,28H,5,7-11,14-18H2,1-2H3,(H,44,53)(H,45,50,52). The maximum Gasteiger partial charge on any atom is 0.261 e. The summed E-state index contributed by atoms with van der Waals surface area (Å²) in [5, 5.41) is 9.62. The summed E-state index contributed by atoms with van der Waals surface area (Å²) in [6, 6.07) is 7.47. The van der Waals surface area contributed by atoms with E-state index in [0.717, 1.165) is 55.8 Å². The predicted molar refractivity (Wildman–Crippen MR) is 199 cm³/mol. The molecule has 2 N–H and O–H groups in total. The molecule has 0 radical (unpaired) electrons. The van der Waals surface area contributed by atoms with Crippen LogP contribution < -0.4 is 20.3 Å². The SMILES string of the molecule is CC(C)Oc1cc2nc(C3CCN(C(=O)CC4CCN(c5ccc(C6CCC(=O)NC6=O)cn5)CC4)CC3)cn2cc1C(=O)Nc1cnn2cccnc12. The van der Waals surface area contributed by atoms with Crippen molar-refractivity contribution in [2.75, 3.05) is 36.4 Å². The van der Waals surface area contributed by atoms with Crippen LogP contribution in [0.25, 0.3) is 11.3 Å². The highest BCUT2D eigenvalue weighted by Crippen LogP contribution is 2.32. The van der Waals surface area contributed by atoms with Crippen molar-refractivity contribution in [1.82, 2.24) is 39.2 Å². The molecule has 15 heteroatoms. The van der Waals surface area contributed by atoms with Crippen molar-refractivity contribution >= 4 is 46.4 Å². The van der Waals surface area contributed by atoms with Gasteiger partial charge < -0.3 is 24.3 Å². The maximum absolute atomic E-state index is 13.6. The lowest BCUT2D eigenvalue weighted by molar-refractivity contribution is -0.135. The number of hydrogen-bond donors (Lipinski definition) is 2. The number of fused-ring (bicyclic) bond motifs is 2. The lowest BCUT2D eigenvalue weighted by atomic mass is 9.90. The third-order valence-electron chi connectivity index (χ3n) is 10.8. The Bertz CT molecular complexity index is 2200. The molecule has 0 spiro atoms. The molecule has 1 atom stereocenters. The van der Waals surface area contributed by atoms with E-state index in [2.05, 4.69) is 30.6 Å². The van der Waals surface area contributed by atoms with Crippen molar-refractivity contribution in [3.8, 4) is 5.75 Å². The molecule has 0 aromatic carbocycles. The molecule has 5 aromatic heterocycles. The van der Waals surface area contributed by atoms with Gasteiger partial charge in [-0.1, -0.05) is 6.07 Å². The number of likely N-dealkylation sites (tertiary alicyclic amines) is 1. The second-order valence-electron chi connectivity index (χ2n) is 14.8. The van der Waals surface area contributed by atoms with Crippen LogP contribution in [0.3, 0.4) is 0 Å². The Morgan fingerprint density at radius 1 is 1.00 bits per heavy atom. The fourth-order valence-corrected chi connectivity index (χ4v) is 7.83. The number of nitrogens with one attached hydrogen (secondary N) is 2. The van der Waals surface area contributed by atoms with Crippen molar-refractivity contribution < 1.29 is 23.9 Å². The number of hydrogen-bond acceptors (Lipinski definition) is 10. The van der Waals surface area contributed by atoms with E-state index in [-0.39, 0.29) is 41.6 Å². The number of anilines is 2. The van der Waals surface area contributed by atoms with Crippen LogP contribution in [0.5, 0.6) is 5.75 Å². The van der Waals surface area contributed by atoms with Crippen molar-refractivity contribution in [2.45, 2.75) is 76.7 Å². The number of imide groups is 1. The van der Waals surface area contributed by atoms with Crippen molar-refractivity contribution in [2.24, 2.45) is 5.92 Å². The molecule has 3 fully saturated rings. The van der Waals surface area contributed by atoms with Crippen LogP contribution in [0.15, 0.2) is 61.4 Å². The maximum atomic E-state index is 13.6. The average molecular weight is 733 g/mol. The molecule has 0 saturated carbocycles. The second-order valence-corrected chi connectivity index (χ2v) is 14.8. The molecule has 4 amide bonds. The Morgan fingerprint density at radius 2 is 1.81 bits per heavy atom. The van der Waals surface area contributed by atoms with E-state index in [0.29, 0.717) is 66.6 Å². The van der Waals surface area contributed by atoms with Gasteiger partial charge >= 0.3 is 0 Å². The first kappa shape index (κ1) is 35.2. The molecule has 8 rings (SSSR count). The van der Waals surface area contributed by atoms with E-state index in [1.807, 2.05) is 47.5 Å². The molecule has 8 heterocycles. The molecule has 3 aliphatic heterocycles. The monoisotopic (exact) mass is 732 g/mol. The van der Waals surface area contributed by atoms with Gasteiger partial charge in [-0.25, -0.2) is 19.5 Å². The zero-order chi connectivity index (χ0) is 37.3. The summed E-state index contributed by atoms with van der Waals surface area (Å²) in [5.41, 5.74) is 3.88. The minimum absolute atomic E-state index is 0.149. The minimum atomic E-state index is -0.342. The largest absolute Gasteiger partial charge is 0.490 e.